The maximum absolute atomic E-state index is 12.5. The van der Waals surface area contributed by atoms with Crippen LogP contribution < -0.4 is 9.80 Å². The van der Waals surface area contributed by atoms with Crippen LogP contribution >= 0.6 is 11.6 Å². The minimum Gasteiger partial charge on any atom is -0.379 e. The van der Waals surface area contributed by atoms with E-state index in [2.05, 4.69) is 14.9 Å². The summed E-state index contributed by atoms with van der Waals surface area (Å²) in [5.74, 6) is 0.798. The molecule has 1 fully saturated rings. The second-order valence-electron chi connectivity index (χ2n) is 5.09. The van der Waals surface area contributed by atoms with Gasteiger partial charge in [0, 0.05) is 13.7 Å². The first kappa shape index (κ1) is 13.6. The Kier molecular flexibility index (Phi) is 3.52. The summed E-state index contributed by atoms with van der Waals surface area (Å²) in [6.07, 6.45) is 3.23. The molecule has 0 aromatic carbocycles. The lowest BCUT2D eigenvalue weighted by atomic mass is 10.0. The van der Waals surface area contributed by atoms with Crippen LogP contribution in [-0.2, 0) is 9.53 Å². The van der Waals surface area contributed by atoms with Gasteiger partial charge in [-0.2, -0.15) is 4.98 Å². The first-order valence-electron chi connectivity index (χ1n) is 6.79. The van der Waals surface area contributed by atoms with Gasteiger partial charge in [-0.1, -0.05) is 6.92 Å². The van der Waals surface area contributed by atoms with E-state index in [-0.39, 0.29) is 23.3 Å². The standard InChI is InChI=1S/C13H17ClN4O2/c1-3-9-12(19)17(2)10-6-15-13(14)16-11(10)18(9)8-4-5-20-7-8/h6,8-9H,3-5,7H2,1-2H3/t8?,9-/m1/s1. The van der Waals surface area contributed by atoms with Gasteiger partial charge in [-0.05, 0) is 24.4 Å². The molecule has 3 rings (SSSR count). The number of rotatable bonds is 2. The van der Waals surface area contributed by atoms with Crippen molar-refractivity contribution in [2.24, 2.45) is 0 Å². The summed E-state index contributed by atoms with van der Waals surface area (Å²) in [5, 5.41) is 0.199. The zero-order chi connectivity index (χ0) is 14.3. The van der Waals surface area contributed by atoms with E-state index < -0.39 is 0 Å². The molecule has 0 bridgehead atoms. The molecule has 0 N–H and O–H groups in total. The second-order valence-corrected chi connectivity index (χ2v) is 5.43. The summed E-state index contributed by atoms with van der Waals surface area (Å²) >= 11 is 5.94. The molecule has 108 valence electrons. The Morgan fingerprint density at radius 3 is 3.00 bits per heavy atom. The summed E-state index contributed by atoms with van der Waals surface area (Å²) in [5.41, 5.74) is 0.705. The third-order valence-corrected chi connectivity index (χ3v) is 4.15. The molecule has 1 unspecified atom stereocenters. The Bertz CT molecular complexity index is 533. The fourth-order valence-corrected chi connectivity index (χ4v) is 3.05. The molecular weight excluding hydrogens is 280 g/mol. The molecule has 0 radical (unpaired) electrons. The average Bonchev–Trinajstić information content (AvgIpc) is 2.96. The molecule has 2 atom stereocenters. The maximum Gasteiger partial charge on any atom is 0.249 e. The molecule has 20 heavy (non-hydrogen) atoms. The molecule has 6 nitrogen and oxygen atoms in total. The van der Waals surface area contributed by atoms with Crippen LogP contribution in [0.4, 0.5) is 11.5 Å². The largest absolute Gasteiger partial charge is 0.379 e. The number of carbonyl (C=O) groups excluding carboxylic acids is 1. The highest BCUT2D eigenvalue weighted by atomic mass is 35.5. The van der Waals surface area contributed by atoms with Crippen molar-refractivity contribution in [3.8, 4) is 0 Å². The number of aromatic nitrogens is 2. The number of hydrogen-bond donors (Lipinski definition) is 0. The number of carbonyl (C=O) groups is 1. The summed E-state index contributed by atoms with van der Waals surface area (Å²) in [6.45, 7) is 3.34. The van der Waals surface area contributed by atoms with Crippen molar-refractivity contribution in [2.45, 2.75) is 31.8 Å². The first-order chi connectivity index (χ1) is 9.63. The van der Waals surface area contributed by atoms with Gasteiger partial charge in [0.05, 0.1) is 18.8 Å². The molecule has 2 aliphatic heterocycles. The van der Waals surface area contributed by atoms with Gasteiger partial charge in [0.25, 0.3) is 0 Å². The fraction of sp³-hybridized carbons (Fsp3) is 0.615. The molecule has 7 heteroatoms. The van der Waals surface area contributed by atoms with Crippen LogP contribution in [0, 0.1) is 0 Å². The Morgan fingerprint density at radius 1 is 1.55 bits per heavy atom. The van der Waals surface area contributed by atoms with Gasteiger partial charge in [0.15, 0.2) is 5.82 Å². The SMILES string of the molecule is CC[C@@H]1C(=O)N(C)c2cnc(Cl)nc2N1C1CCOC1. The van der Waals surface area contributed by atoms with Crippen molar-refractivity contribution in [2.75, 3.05) is 30.1 Å². The number of anilines is 2. The maximum atomic E-state index is 12.5. The lowest BCUT2D eigenvalue weighted by Gasteiger charge is -2.42. The van der Waals surface area contributed by atoms with E-state index in [1.165, 1.54) is 0 Å². The van der Waals surface area contributed by atoms with Crippen molar-refractivity contribution in [3.05, 3.63) is 11.5 Å². The molecule has 1 aromatic rings. The highest BCUT2D eigenvalue weighted by Gasteiger charge is 2.41. The Balaban J connectivity index is 2.11. The molecule has 1 aromatic heterocycles. The van der Waals surface area contributed by atoms with E-state index in [1.54, 1.807) is 18.1 Å². The quantitative estimate of drug-likeness (QED) is 0.774. The minimum absolute atomic E-state index is 0.0674. The molecule has 1 saturated heterocycles. The lowest BCUT2D eigenvalue weighted by molar-refractivity contribution is -0.120. The smallest absolute Gasteiger partial charge is 0.249 e. The van der Waals surface area contributed by atoms with Crippen LogP contribution in [0.2, 0.25) is 5.28 Å². The van der Waals surface area contributed by atoms with Crippen molar-refractivity contribution in [1.82, 2.24) is 9.97 Å². The van der Waals surface area contributed by atoms with Crippen LogP contribution in [0.25, 0.3) is 0 Å². The molecule has 0 saturated carbocycles. The van der Waals surface area contributed by atoms with E-state index in [1.807, 2.05) is 6.92 Å². The van der Waals surface area contributed by atoms with Crippen LogP contribution in [0.15, 0.2) is 6.20 Å². The Labute approximate surface area is 122 Å². The van der Waals surface area contributed by atoms with E-state index in [9.17, 15) is 4.79 Å². The zero-order valence-corrected chi connectivity index (χ0v) is 12.3. The third-order valence-electron chi connectivity index (χ3n) is 3.96. The molecule has 0 aliphatic carbocycles. The van der Waals surface area contributed by atoms with Crippen molar-refractivity contribution in [1.29, 1.82) is 0 Å². The first-order valence-corrected chi connectivity index (χ1v) is 7.17. The van der Waals surface area contributed by atoms with Gasteiger partial charge in [-0.3, -0.25) is 4.79 Å². The van der Waals surface area contributed by atoms with E-state index in [0.29, 0.717) is 12.3 Å². The fourth-order valence-electron chi connectivity index (χ4n) is 2.92. The normalized spacial score (nSPS) is 26.1. The van der Waals surface area contributed by atoms with Gasteiger partial charge in [0.1, 0.15) is 11.7 Å². The van der Waals surface area contributed by atoms with Crippen LogP contribution in [-0.4, -0.2) is 48.2 Å². The highest BCUT2D eigenvalue weighted by molar-refractivity contribution is 6.28. The number of fused-ring (bicyclic) bond motifs is 1. The topological polar surface area (TPSA) is 58.6 Å². The van der Waals surface area contributed by atoms with Gasteiger partial charge < -0.3 is 14.5 Å². The highest BCUT2D eigenvalue weighted by Crippen LogP contribution is 2.37. The van der Waals surface area contributed by atoms with Gasteiger partial charge >= 0.3 is 0 Å². The predicted molar refractivity (Wildman–Crippen MR) is 76.2 cm³/mol. The predicted octanol–water partition coefficient (Wildman–Crippen LogP) is 1.48. The number of likely N-dealkylation sites (N-methyl/N-ethyl adjacent to an activating group) is 1. The number of hydrogen-bond acceptors (Lipinski definition) is 5. The summed E-state index contributed by atoms with van der Waals surface area (Å²) < 4.78 is 5.47. The summed E-state index contributed by atoms with van der Waals surface area (Å²) in [7, 11) is 1.75. The van der Waals surface area contributed by atoms with Crippen LogP contribution in [0.1, 0.15) is 19.8 Å². The Hall–Kier alpha value is -1.40. The number of ether oxygens (including phenoxy) is 1. The molecular formula is C13H17ClN4O2. The second kappa shape index (κ2) is 5.18. The van der Waals surface area contributed by atoms with Crippen molar-refractivity contribution >= 4 is 29.0 Å². The molecule has 2 aliphatic rings. The van der Waals surface area contributed by atoms with E-state index in [0.717, 1.165) is 25.3 Å². The van der Waals surface area contributed by atoms with Gasteiger partial charge in [-0.25, -0.2) is 4.98 Å². The molecule has 0 spiro atoms. The third kappa shape index (κ3) is 2.03. The number of halogens is 1. The molecule has 3 heterocycles. The number of amides is 1. The van der Waals surface area contributed by atoms with Crippen molar-refractivity contribution in [3.63, 3.8) is 0 Å². The molecule has 1 amide bonds. The van der Waals surface area contributed by atoms with E-state index >= 15 is 0 Å². The van der Waals surface area contributed by atoms with E-state index in [4.69, 9.17) is 16.3 Å². The summed E-state index contributed by atoms with van der Waals surface area (Å²) in [4.78, 5) is 24.6. The van der Waals surface area contributed by atoms with Gasteiger partial charge in [0.2, 0.25) is 11.2 Å². The van der Waals surface area contributed by atoms with Crippen LogP contribution in [0.3, 0.4) is 0 Å². The Morgan fingerprint density at radius 2 is 2.35 bits per heavy atom. The number of nitrogens with zero attached hydrogens (tertiary/aromatic N) is 4. The monoisotopic (exact) mass is 296 g/mol. The van der Waals surface area contributed by atoms with Crippen LogP contribution in [0.5, 0.6) is 0 Å². The minimum atomic E-state index is -0.217. The lowest BCUT2D eigenvalue weighted by Crippen LogP contribution is -2.56. The average molecular weight is 297 g/mol. The van der Waals surface area contributed by atoms with Gasteiger partial charge in [-0.15, -0.1) is 0 Å². The summed E-state index contributed by atoms with van der Waals surface area (Å²) in [6, 6.07) is -0.0486. The zero-order valence-electron chi connectivity index (χ0n) is 11.5. The van der Waals surface area contributed by atoms with Crippen molar-refractivity contribution < 1.29 is 9.53 Å².